The molecule has 25 heavy (non-hydrogen) atoms. The standard InChI is InChI=1S/C18H19N3O2S2/c1-3-16-8-10-18(24-16)25(22,23)21-15-7-9-17(19-12-15)20-14-6-4-5-13(2)11-14/h4-12,21H,3H2,1-2H3,(H,19,20). The monoisotopic (exact) mass is 373 g/mol. The molecule has 0 spiro atoms. The van der Waals surface area contributed by atoms with Gasteiger partial charge in [0.15, 0.2) is 0 Å². The molecule has 7 heteroatoms. The van der Waals surface area contributed by atoms with Crippen LogP contribution in [0.5, 0.6) is 0 Å². The average molecular weight is 374 g/mol. The molecule has 0 unspecified atom stereocenters. The minimum atomic E-state index is -3.57. The van der Waals surface area contributed by atoms with E-state index in [9.17, 15) is 8.42 Å². The smallest absolute Gasteiger partial charge is 0.271 e. The maximum Gasteiger partial charge on any atom is 0.271 e. The summed E-state index contributed by atoms with van der Waals surface area (Å²) in [6.07, 6.45) is 2.32. The summed E-state index contributed by atoms with van der Waals surface area (Å²) in [5.41, 5.74) is 2.52. The lowest BCUT2D eigenvalue weighted by Crippen LogP contribution is -2.11. The van der Waals surface area contributed by atoms with Crippen molar-refractivity contribution >= 4 is 38.6 Å². The molecule has 2 N–H and O–H groups in total. The Labute approximate surface area is 151 Å². The van der Waals surface area contributed by atoms with Gasteiger partial charge in [0.2, 0.25) is 0 Å². The van der Waals surface area contributed by atoms with Crippen LogP contribution in [0.1, 0.15) is 17.4 Å². The van der Waals surface area contributed by atoms with Crippen molar-refractivity contribution in [3.8, 4) is 0 Å². The van der Waals surface area contributed by atoms with Crippen LogP contribution in [0.15, 0.2) is 58.9 Å². The number of anilines is 3. The molecule has 0 amide bonds. The summed E-state index contributed by atoms with van der Waals surface area (Å²) in [6.45, 7) is 4.02. The number of hydrogen-bond donors (Lipinski definition) is 2. The number of sulfonamides is 1. The highest BCUT2D eigenvalue weighted by Gasteiger charge is 2.16. The third kappa shape index (κ3) is 4.37. The molecule has 0 aliphatic heterocycles. The van der Waals surface area contributed by atoms with E-state index < -0.39 is 10.0 Å². The summed E-state index contributed by atoms with van der Waals surface area (Å²) >= 11 is 1.28. The minimum absolute atomic E-state index is 0.311. The number of aryl methyl sites for hydroxylation is 2. The minimum Gasteiger partial charge on any atom is -0.340 e. The van der Waals surface area contributed by atoms with Crippen molar-refractivity contribution in [2.45, 2.75) is 24.5 Å². The van der Waals surface area contributed by atoms with E-state index in [-0.39, 0.29) is 0 Å². The van der Waals surface area contributed by atoms with Gasteiger partial charge < -0.3 is 5.32 Å². The van der Waals surface area contributed by atoms with E-state index >= 15 is 0 Å². The van der Waals surface area contributed by atoms with Gasteiger partial charge in [-0.25, -0.2) is 13.4 Å². The Morgan fingerprint density at radius 3 is 2.56 bits per heavy atom. The summed E-state index contributed by atoms with van der Waals surface area (Å²) in [7, 11) is -3.57. The van der Waals surface area contributed by atoms with E-state index in [0.717, 1.165) is 22.5 Å². The molecule has 0 fully saturated rings. The van der Waals surface area contributed by atoms with Crippen molar-refractivity contribution in [3.63, 3.8) is 0 Å². The molecule has 3 aromatic rings. The zero-order chi connectivity index (χ0) is 17.9. The number of thiophene rings is 1. The number of pyridine rings is 1. The SMILES string of the molecule is CCc1ccc(S(=O)(=O)Nc2ccc(Nc3cccc(C)c3)nc2)s1. The highest BCUT2D eigenvalue weighted by Crippen LogP contribution is 2.25. The van der Waals surface area contributed by atoms with Crippen molar-refractivity contribution in [1.29, 1.82) is 0 Å². The predicted octanol–water partition coefficient (Wildman–Crippen LogP) is 4.56. The van der Waals surface area contributed by atoms with E-state index in [4.69, 9.17) is 0 Å². The topological polar surface area (TPSA) is 71.1 Å². The molecular formula is C18H19N3O2S2. The molecule has 2 heterocycles. The first-order valence-corrected chi connectivity index (χ1v) is 10.2. The number of hydrogen-bond acceptors (Lipinski definition) is 5. The lowest BCUT2D eigenvalue weighted by molar-refractivity contribution is 0.603. The first-order valence-electron chi connectivity index (χ1n) is 7.87. The normalized spacial score (nSPS) is 11.3. The first kappa shape index (κ1) is 17.4. The lowest BCUT2D eigenvalue weighted by atomic mass is 10.2. The van der Waals surface area contributed by atoms with Crippen LogP contribution >= 0.6 is 11.3 Å². The average Bonchev–Trinajstić information content (AvgIpc) is 3.07. The molecule has 0 saturated carbocycles. The molecule has 2 aromatic heterocycles. The zero-order valence-electron chi connectivity index (χ0n) is 14.0. The summed E-state index contributed by atoms with van der Waals surface area (Å²) < 4.78 is 27.7. The van der Waals surface area contributed by atoms with Gasteiger partial charge >= 0.3 is 0 Å². The van der Waals surface area contributed by atoms with E-state index in [0.29, 0.717) is 15.7 Å². The fraction of sp³-hybridized carbons (Fsp3) is 0.167. The van der Waals surface area contributed by atoms with Crippen LogP contribution in [-0.2, 0) is 16.4 Å². The Bertz CT molecular complexity index is 964. The van der Waals surface area contributed by atoms with Crippen LogP contribution in [-0.4, -0.2) is 13.4 Å². The maximum atomic E-state index is 12.4. The molecular weight excluding hydrogens is 354 g/mol. The van der Waals surface area contributed by atoms with Gasteiger partial charge in [0.25, 0.3) is 10.0 Å². The predicted molar refractivity (Wildman–Crippen MR) is 103 cm³/mol. The third-order valence-corrected chi connectivity index (χ3v) is 6.66. The van der Waals surface area contributed by atoms with Crippen LogP contribution in [0, 0.1) is 6.92 Å². The van der Waals surface area contributed by atoms with Gasteiger partial charge in [-0.1, -0.05) is 19.1 Å². The lowest BCUT2D eigenvalue weighted by Gasteiger charge is -2.09. The Balaban J connectivity index is 1.72. The number of nitrogens with zero attached hydrogens (tertiary/aromatic N) is 1. The zero-order valence-corrected chi connectivity index (χ0v) is 15.6. The van der Waals surface area contributed by atoms with E-state index in [2.05, 4.69) is 15.0 Å². The van der Waals surface area contributed by atoms with Gasteiger partial charge in [-0.2, -0.15) is 0 Å². The van der Waals surface area contributed by atoms with Crippen molar-refractivity contribution < 1.29 is 8.42 Å². The first-order chi connectivity index (χ1) is 12.0. The molecule has 0 aliphatic rings. The maximum absolute atomic E-state index is 12.4. The van der Waals surface area contributed by atoms with Crippen molar-refractivity contribution in [2.75, 3.05) is 10.0 Å². The van der Waals surface area contributed by atoms with Crippen LogP contribution in [0.2, 0.25) is 0 Å². The largest absolute Gasteiger partial charge is 0.340 e. The molecule has 0 saturated heterocycles. The van der Waals surface area contributed by atoms with Crippen LogP contribution in [0.25, 0.3) is 0 Å². The molecule has 130 valence electrons. The molecule has 5 nitrogen and oxygen atoms in total. The van der Waals surface area contributed by atoms with Gasteiger partial charge in [-0.3, -0.25) is 4.72 Å². The van der Waals surface area contributed by atoms with Crippen molar-refractivity contribution in [2.24, 2.45) is 0 Å². The second kappa shape index (κ2) is 7.25. The fourth-order valence-corrected chi connectivity index (χ4v) is 4.64. The number of aromatic nitrogens is 1. The Kier molecular flexibility index (Phi) is 5.06. The second-order valence-electron chi connectivity index (χ2n) is 5.61. The Morgan fingerprint density at radius 2 is 1.92 bits per heavy atom. The van der Waals surface area contributed by atoms with Gasteiger partial charge in [-0.05, 0) is 55.3 Å². The second-order valence-corrected chi connectivity index (χ2v) is 8.68. The van der Waals surface area contributed by atoms with Crippen molar-refractivity contribution in [3.05, 3.63) is 65.2 Å². The quantitative estimate of drug-likeness (QED) is 0.664. The summed E-state index contributed by atoms with van der Waals surface area (Å²) in [5, 5.41) is 3.19. The van der Waals surface area contributed by atoms with E-state index in [1.54, 1.807) is 18.2 Å². The Morgan fingerprint density at radius 1 is 1.08 bits per heavy atom. The number of rotatable bonds is 6. The van der Waals surface area contributed by atoms with Gasteiger partial charge in [-0.15, -0.1) is 11.3 Å². The highest BCUT2D eigenvalue weighted by molar-refractivity contribution is 7.94. The molecule has 0 radical (unpaired) electrons. The van der Waals surface area contributed by atoms with Gasteiger partial charge in [0, 0.05) is 10.6 Å². The van der Waals surface area contributed by atoms with Crippen LogP contribution in [0.3, 0.4) is 0 Å². The third-order valence-electron chi connectivity index (χ3n) is 3.56. The summed E-state index contributed by atoms with van der Waals surface area (Å²) in [6, 6.07) is 14.9. The number of benzene rings is 1. The summed E-state index contributed by atoms with van der Waals surface area (Å²) in [4.78, 5) is 5.31. The van der Waals surface area contributed by atoms with Crippen molar-refractivity contribution in [1.82, 2.24) is 4.98 Å². The Hall–Kier alpha value is -2.38. The molecule has 0 aliphatic carbocycles. The number of nitrogens with one attached hydrogen (secondary N) is 2. The molecule has 0 atom stereocenters. The van der Waals surface area contributed by atoms with E-state index in [1.165, 1.54) is 17.5 Å². The molecule has 0 bridgehead atoms. The van der Waals surface area contributed by atoms with Crippen LogP contribution in [0.4, 0.5) is 17.2 Å². The van der Waals surface area contributed by atoms with E-state index in [1.807, 2.05) is 44.2 Å². The summed E-state index contributed by atoms with van der Waals surface area (Å²) in [5.74, 6) is 0.651. The fourth-order valence-electron chi connectivity index (χ4n) is 2.30. The molecule has 3 rings (SSSR count). The van der Waals surface area contributed by atoms with Gasteiger partial charge in [0.05, 0.1) is 11.9 Å². The molecule has 1 aromatic carbocycles. The van der Waals surface area contributed by atoms with Gasteiger partial charge in [0.1, 0.15) is 10.0 Å². The highest BCUT2D eigenvalue weighted by atomic mass is 32.2. The van der Waals surface area contributed by atoms with Crippen LogP contribution < -0.4 is 10.0 Å².